The van der Waals surface area contributed by atoms with Crippen LogP contribution < -0.4 is 10.6 Å². The highest BCUT2D eigenvalue weighted by Gasteiger charge is 1.98. The number of amides is 1. The van der Waals surface area contributed by atoms with E-state index in [-0.39, 0.29) is 5.91 Å². The SMILES string of the molecule is CNC(=O)CNCc1cc(Br)ccn1. The van der Waals surface area contributed by atoms with Gasteiger partial charge in [0.25, 0.3) is 0 Å². The van der Waals surface area contributed by atoms with E-state index in [2.05, 4.69) is 31.5 Å². The standard InChI is InChI=1S/C9H12BrN3O/c1-11-9(14)6-12-5-8-4-7(10)2-3-13-8/h2-4,12H,5-6H2,1H3,(H,11,14). The van der Waals surface area contributed by atoms with E-state index in [0.717, 1.165) is 10.2 Å². The highest BCUT2D eigenvalue weighted by molar-refractivity contribution is 9.10. The fourth-order valence-corrected chi connectivity index (χ4v) is 1.32. The predicted octanol–water partition coefficient (Wildman–Crippen LogP) is 0.680. The molecule has 4 nitrogen and oxygen atoms in total. The quantitative estimate of drug-likeness (QED) is 0.835. The Balaban J connectivity index is 2.35. The summed E-state index contributed by atoms with van der Waals surface area (Å²) in [5, 5.41) is 5.52. The number of hydrogen-bond acceptors (Lipinski definition) is 3. The Morgan fingerprint density at radius 1 is 1.64 bits per heavy atom. The van der Waals surface area contributed by atoms with Crippen molar-refractivity contribution in [2.75, 3.05) is 13.6 Å². The lowest BCUT2D eigenvalue weighted by atomic mass is 10.3. The van der Waals surface area contributed by atoms with Gasteiger partial charge >= 0.3 is 0 Å². The summed E-state index contributed by atoms with van der Waals surface area (Å²) in [6, 6.07) is 3.78. The second kappa shape index (κ2) is 5.72. The van der Waals surface area contributed by atoms with Gasteiger partial charge in [-0.3, -0.25) is 9.78 Å². The fraction of sp³-hybridized carbons (Fsp3) is 0.333. The maximum Gasteiger partial charge on any atom is 0.233 e. The van der Waals surface area contributed by atoms with E-state index in [9.17, 15) is 4.79 Å². The van der Waals surface area contributed by atoms with Gasteiger partial charge in [0.1, 0.15) is 0 Å². The molecule has 1 aromatic rings. The first kappa shape index (κ1) is 11.1. The van der Waals surface area contributed by atoms with Crippen molar-refractivity contribution in [1.82, 2.24) is 15.6 Å². The summed E-state index contributed by atoms with van der Waals surface area (Å²) in [5.41, 5.74) is 0.906. The van der Waals surface area contributed by atoms with Crippen LogP contribution in [0, 0.1) is 0 Å². The lowest BCUT2D eigenvalue weighted by Crippen LogP contribution is -2.31. The second-order valence-corrected chi connectivity index (χ2v) is 3.66. The van der Waals surface area contributed by atoms with Gasteiger partial charge in [-0.1, -0.05) is 15.9 Å². The van der Waals surface area contributed by atoms with E-state index in [1.54, 1.807) is 13.2 Å². The number of nitrogens with one attached hydrogen (secondary N) is 2. The molecule has 0 saturated carbocycles. The normalized spacial score (nSPS) is 9.86. The molecule has 0 aliphatic heterocycles. The monoisotopic (exact) mass is 257 g/mol. The Kier molecular flexibility index (Phi) is 4.55. The van der Waals surface area contributed by atoms with E-state index >= 15 is 0 Å². The zero-order valence-electron chi connectivity index (χ0n) is 7.88. The van der Waals surface area contributed by atoms with Crippen molar-refractivity contribution >= 4 is 21.8 Å². The average Bonchev–Trinajstić information content (AvgIpc) is 2.17. The van der Waals surface area contributed by atoms with E-state index in [0.29, 0.717) is 13.1 Å². The summed E-state index contributed by atoms with van der Waals surface area (Å²) in [6.07, 6.45) is 1.72. The van der Waals surface area contributed by atoms with Gasteiger partial charge in [0.2, 0.25) is 5.91 Å². The largest absolute Gasteiger partial charge is 0.358 e. The molecule has 0 fully saturated rings. The van der Waals surface area contributed by atoms with Crippen LogP contribution >= 0.6 is 15.9 Å². The summed E-state index contributed by atoms with van der Waals surface area (Å²) in [5.74, 6) is -0.0278. The van der Waals surface area contributed by atoms with Crippen molar-refractivity contribution in [3.8, 4) is 0 Å². The molecule has 0 aromatic carbocycles. The summed E-state index contributed by atoms with van der Waals surface area (Å²) in [6.45, 7) is 0.900. The third kappa shape index (κ3) is 3.85. The molecule has 2 N–H and O–H groups in total. The number of likely N-dealkylation sites (N-methyl/N-ethyl adjacent to an activating group) is 1. The topological polar surface area (TPSA) is 54.0 Å². The minimum Gasteiger partial charge on any atom is -0.358 e. The van der Waals surface area contributed by atoms with Crippen LogP contribution in [0.2, 0.25) is 0 Å². The number of aromatic nitrogens is 1. The summed E-state index contributed by atoms with van der Waals surface area (Å²) < 4.78 is 0.990. The highest BCUT2D eigenvalue weighted by atomic mass is 79.9. The maximum absolute atomic E-state index is 10.9. The molecule has 0 spiro atoms. The van der Waals surface area contributed by atoms with E-state index in [1.807, 2.05) is 12.1 Å². The Labute approximate surface area is 91.2 Å². The van der Waals surface area contributed by atoms with Gasteiger partial charge in [0, 0.05) is 24.3 Å². The number of hydrogen-bond donors (Lipinski definition) is 2. The van der Waals surface area contributed by atoms with Crippen molar-refractivity contribution in [3.05, 3.63) is 28.5 Å². The predicted molar refractivity (Wildman–Crippen MR) is 57.7 cm³/mol. The molecule has 0 bridgehead atoms. The third-order valence-corrected chi connectivity index (χ3v) is 2.14. The van der Waals surface area contributed by atoms with Crippen LogP contribution in [-0.4, -0.2) is 24.5 Å². The van der Waals surface area contributed by atoms with Crippen molar-refractivity contribution in [1.29, 1.82) is 0 Å². The number of halogens is 1. The summed E-state index contributed by atoms with van der Waals surface area (Å²) in [4.78, 5) is 15.0. The Morgan fingerprint density at radius 2 is 2.43 bits per heavy atom. The van der Waals surface area contributed by atoms with Crippen LogP contribution in [0.25, 0.3) is 0 Å². The molecule has 1 heterocycles. The lowest BCUT2D eigenvalue weighted by molar-refractivity contribution is -0.119. The zero-order valence-corrected chi connectivity index (χ0v) is 9.47. The van der Waals surface area contributed by atoms with Crippen molar-refractivity contribution in [2.45, 2.75) is 6.54 Å². The zero-order chi connectivity index (χ0) is 10.4. The van der Waals surface area contributed by atoms with Gasteiger partial charge in [-0.05, 0) is 12.1 Å². The molecular formula is C9H12BrN3O. The van der Waals surface area contributed by atoms with Gasteiger partial charge in [0.05, 0.1) is 12.2 Å². The second-order valence-electron chi connectivity index (χ2n) is 2.74. The van der Waals surface area contributed by atoms with Gasteiger partial charge in [-0.2, -0.15) is 0 Å². The molecular weight excluding hydrogens is 246 g/mol. The molecule has 1 rings (SSSR count). The van der Waals surface area contributed by atoms with Crippen LogP contribution in [0.4, 0.5) is 0 Å². The molecule has 1 amide bonds. The van der Waals surface area contributed by atoms with Crippen molar-refractivity contribution in [2.24, 2.45) is 0 Å². The molecule has 0 radical (unpaired) electrons. The molecule has 0 saturated heterocycles. The van der Waals surface area contributed by atoms with Gasteiger partial charge in [-0.25, -0.2) is 0 Å². The third-order valence-electron chi connectivity index (χ3n) is 1.65. The molecule has 14 heavy (non-hydrogen) atoms. The van der Waals surface area contributed by atoms with Gasteiger partial charge < -0.3 is 10.6 Å². The Morgan fingerprint density at radius 3 is 3.07 bits per heavy atom. The molecule has 76 valence electrons. The van der Waals surface area contributed by atoms with Crippen LogP contribution in [-0.2, 0) is 11.3 Å². The van der Waals surface area contributed by atoms with Crippen LogP contribution in [0.15, 0.2) is 22.8 Å². The van der Waals surface area contributed by atoms with E-state index in [1.165, 1.54) is 0 Å². The number of nitrogens with zero attached hydrogens (tertiary/aromatic N) is 1. The minimum absolute atomic E-state index is 0.0278. The summed E-state index contributed by atoms with van der Waals surface area (Å²) >= 11 is 3.35. The number of rotatable bonds is 4. The van der Waals surface area contributed by atoms with E-state index in [4.69, 9.17) is 0 Å². The molecule has 0 aliphatic rings. The first-order valence-corrected chi connectivity index (χ1v) is 5.03. The fourth-order valence-electron chi connectivity index (χ4n) is 0.938. The van der Waals surface area contributed by atoms with Gasteiger partial charge in [-0.15, -0.1) is 0 Å². The molecule has 0 unspecified atom stereocenters. The first-order valence-electron chi connectivity index (χ1n) is 4.24. The number of carbonyl (C=O) groups is 1. The number of carbonyl (C=O) groups excluding carboxylic acids is 1. The molecule has 0 aliphatic carbocycles. The first-order chi connectivity index (χ1) is 6.72. The minimum atomic E-state index is -0.0278. The molecule has 5 heteroatoms. The molecule has 1 aromatic heterocycles. The number of pyridine rings is 1. The van der Waals surface area contributed by atoms with Gasteiger partial charge in [0.15, 0.2) is 0 Å². The lowest BCUT2D eigenvalue weighted by Gasteiger charge is -2.03. The molecule has 0 atom stereocenters. The smallest absolute Gasteiger partial charge is 0.233 e. The highest BCUT2D eigenvalue weighted by Crippen LogP contribution is 2.08. The van der Waals surface area contributed by atoms with Crippen LogP contribution in [0.1, 0.15) is 5.69 Å². The van der Waals surface area contributed by atoms with Crippen LogP contribution in [0.3, 0.4) is 0 Å². The maximum atomic E-state index is 10.9. The Hall–Kier alpha value is -0.940. The van der Waals surface area contributed by atoms with Crippen molar-refractivity contribution in [3.63, 3.8) is 0 Å². The summed E-state index contributed by atoms with van der Waals surface area (Å²) in [7, 11) is 1.61. The van der Waals surface area contributed by atoms with Crippen LogP contribution in [0.5, 0.6) is 0 Å². The van der Waals surface area contributed by atoms with Crippen molar-refractivity contribution < 1.29 is 4.79 Å². The average molecular weight is 258 g/mol. The Bertz CT molecular complexity index is 317. The van der Waals surface area contributed by atoms with E-state index < -0.39 is 0 Å².